The topological polar surface area (TPSA) is 88.3 Å². The standard InChI is InChI=1S/C9H14N4O2S/c10-12-9-4-1-3-8(11-9)7-13-5-2-6-16(13,14)15/h1,3-4H,2,5-7,10H2,(H,11,12). The minimum Gasteiger partial charge on any atom is -0.308 e. The maximum atomic E-state index is 11.6. The summed E-state index contributed by atoms with van der Waals surface area (Å²) in [6.07, 6.45) is 0.692. The highest BCUT2D eigenvalue weighted by Crippen LogP contribution is 2.16. The largest absolute Gasteiger partial charge is 0.308 e. The second kappa shape index (κ2) is 4.36. The number of anilines is 1. The van der Waals surface area contributed by atoms with Crippen LogP contribution in [0.5, 0.6) is 0 Å². The smallest absolute Gasteiger partial charge is 0.214 e. The van der Waals surface area contributed by atoms with Crippen molar-refractivity contribution in [3.05, 3.63) is 23.9 Å². The predicted molar refractivity (Wildman–Crippen MR) is 60.9 cm³/mol. The van der Waals surface area contributed by atoms with E-state index in [2.05, 4.69) is 10.4 Å². The molecular formula is C9H14N4O2S. The fourth-order valence-corrected chi connectivity index (χ4v) is 3.19. The third-order valence-corrected chi connectivity index (χ3v) is 4.40. The lowest BCUT2D eigenvalue weighted by molar-refractivity contribution is 0.435. The molecule has 16 heavy (non-hydrogen) atoms. The number of nitrogens with zero attached hydrogens (tertiary/aromatic N) is 2. The Labute approximate surface area is 94.5 Å². The number of aromatic nitrogens is 1. The Hall–Kier alpha value is -1.18. The van der Waals surface area contributed by atoms with E-state index in [1.54, 1.807) is 18.2 Å². The van der Waals surface area contributed by atoms with Gasteiger partial charge in [-0.25, -0.2) is 19.2 Å². The number of sulfonamides is 1. The molecule has 1 aromatic rings. The fraction of sp³-hybridized carbons (Fsp3) is 0.444. The molecule has 0 aliphatic carbocycles. The number of rotatable bonds is 3. The number of hydrogen-bond donors (Lipinski definition) is 2. The Morgan fingerprint density at radius 1 is 1.50 bits per heavy atom. The Kier molecular flexibility index (Phi) is 3.08. The summed E-state index contributed by atoms with van der Waals surface area (Å²) >= 11 is 0. The summed E-state index contributed by atoms with van der Waals surface area (Å²) in [7, 11) is -3.06. The molecule has 0 radical (unpaired) electrons. The highest BCUT2D eigenvalue weighted by molar-refractivity contribution is 7.89. The lowest BCUT2D eigenvalue weighted by Gasteiger charge is -2.13. The van der Waals surface area contributed by atoms with Gasteiger partial charge in [0.25, 0.3) is 0 Å². The maximum Gasteiger partial charge on any atom is 0.214 e. The van der Waals surface area contributed by atoms with Crippen LogP contribution in [0, 0.1) is 0 Å². The Morgan fingerprint density at radius 2 is 2.31 bits per heavy atom. The van der Waals surface area contributed by atoms with Gasteiger partial charge >= 0.3 is 0 Å². The molecule has 0 bridgehead atoms. The molecule has 0 saturated carbocycles. The molecule has 0 spiro atoms. The molecule has 7 heteroatoms. The van der Waals surface area contributed by atoms with Crippen LogP contribution in [0.1, 0.15) is 12.1 Å². The molecule has 1 saturated heterocycles. The van der Waals surface area contributed by atoms with Crippen LogP contribution in [0.3, 0.4) is 0 Å². The molecule has 88 valence electrons. The normalized spacial score (nSPS) is 19.8. The van der Waals surface area contributed by atoms with Crippen LogP contribution in [0.4, 0.5) is 5.82 Å². The van der Waals surface area contributed by atoms with Gasteiger partial charge in [-0.05, 0) is 18.6 Å². The van der Waals surface area contributed by atoms with E-state index in [-0.39, 0.29) is 5.75 Å². The van der Waals surface area contributed by atoms with Crippen LogP contribution in [-0.2, 0) is 16.6 Å². The molecule has 0 amide bonds. The summed E-state index contributed by atoms with van der Waals surface area (Å²) < 4.78 is 24.6. The molecule has 1 fully saturated rings. The number of pyridine rings is 1. The van der Waals surface area contributed by atoms with Gasteiger partial charge in [0.2, 0.25) is 10.0 Å². The number of nitrogens with two attached hydrogens (primary N) is 1. The number of hydrazine groups is 1. The molecule has 0 atom stereocenters. The molecule has 1 aliphatic heterocycles. The second-order valence-corrected chi connectivity index (χ2v) is 5.75. The molecule has 2 heterocycles. The van der Waals surface area contributed by atoms with Crippen molar-refractivity contribution in [1.29, 1.82) is 0 Å². The summed E-state index contributed by atoms with van der Waals surface area (Å²) in [6.45, 7) is 0.891. The van der Waals surface area contributed by atoms with E-state index in [1.165, 1.54) is 4.31 Å². The second-order valence-electron chi connectivity index (χ2n) is 3.66. The van der Waals surface area contributed by atoms with Crippen molar-refractivity contribution < 1.29 is 8.42 Å². The van der Waals surface area contributed by atoms with Gasteiger partial charge in [0.15, 0.2) is 0 Å². The predicted octanol–water partition coefficient (Wildman–Crippen LogP) is -0.0973. The molecule has 3 N–H and O–H groups in total. The lowest BCUT2D eigenvalue weighted by Crippen LogP contribution is -2.25. The molecule has 1 aliphatic rings. The molecule has 2 rings (SSSR count). The summed E-state index contributed by atoms with van der Waals surface area (Å²) in [6, 6.07) is 5.30. The summed E-state index contributed by atoms with van der Waals surface area (Å²) in [5, 5.41) is 0. The van der Waals surface area contributed by atoms with E-state index in [1.807, 2.05) is 0 Å². The minimum atomic E-state index is -3.06. The first kappa shape index (κ1) is 11.3. The molecular weight excluding hydrogens is 228 g/mol. The first-order valence-corrected chi connectivity index (χ1v) is 6.63. The summed E-state index contributed by atoms with van der Waals surface area (Å²) in [5.41, 5.74) is 3.13. The zero-order valence-corrected chi connectivity index (χ0v) is 9.57. The zero-order valence-electron chi connectivity index (χ0n) is 8.76. The number of nitrogens with one attached hydrogen (secondary N) is 1. The van der Waals surface area contributed by atoms with Gasteiger partial charge in [-0.15, -0.1) is 0 Å². The summed E-state index contributed by atoms with van der Waals surface area (Å²) in [5.74, 6) is 6.01. The highest BCUT2D eigenvalue weighted by Gasteiger charge is 2.28. The Balaban J connectivity index is 2.15. The van der Waals surface area contributed by atoms with E-state index < -0.39 is 10.0 Å². The Morgan fingerprint density at radius 3 is 2.94 bits per heavy atom. The first-order valence-electron chi connectivity index (χ1n) is 5.02. The van der Waals surface area contributed by atoms with E-state index >= 15 is 0 Å². The van der Waals surface area contributed by atoms with Crippen molar-refractivity contribution in [3.8, 4) is 0 Å². The number of hydrogen-bond acceptors (Lipinski definition) is 5. The van der Waals surface area contributed by atoms with Crippen molar-refractivity contribution in [2.75, 3.05) is 17.7 Å². The van der Waals surface area contributed by atoms with Gasteiger partial charge in [0.1, 0.15) is 5.82 Å². The third kappa shape index (κ3) is 2.31. The van der Waals surface area contributed by atoms with Gasteiger partial charge in [-0.3, -0.25) is 0 Å². The van der Waals surface area contributed by atoms with Crippen molar-refractivity contribution in [1.82, 2.24) is 9.29 Å². The lowest BCUT2D eigenvalue weighted by atomic mass is 10.3. The minimum absolute atomic E-state index is 0.238. The Bertz CT molecular complexity index is 474. The summed E-state index contributed by atoms with van der Waals surface area (Å²) in [4.78, 5) is 4.18. The SMILES string of the molecule is NNc1cccc(CN2CCCS2(=O)=O)n1. The van der Waals surface area contributed by atoms with Gasteiger partial charge in [-0.1, -0.05) is 6.07 Å². The average Bonchev–Trinajstić information content (AvgIpc) is 2.59. The first-order chi connectivity index (χ1) is 7.62. The van der Waals surface area contributed by atoms with E-state index in [0.29, 0.717) is 31.0 Å². The van der Waals surface area contributed by atoms with E-state index in [4.69, 9.17) is 5.84 Å². The zero-order chi connectivity index (χ0) is 11.6. The van der Waals surface area contributed by atoms with Gasteiger partial charge in [0.05, 0.1) is 18.0 Å². The third-order valence-electron chi connectivity index (χ3n) is 2.50. The van der Waals surface area contributed by atoms with Crippen LogP contribution < -0.4 is 11.3 Å². The fourth-order valence-electron chi connectivity index (χ4n) is 1.70. The van der Waals surface area contributed by atoms with E-state index in [0.717, 1.165) is 0 Å². The monoisotopic (exact) mass is 242 g/mol. The molecule has 6 nitrogen and oxygen atoms in total. The molecule has 0 aromatic carbocycles. The maximum absolute atomic E-state index is 11.6. The molecule has 0 unspecified atom stereocenters. The number of nitrogen functional groups attached to an aromatic ring is 1. The molecule has 1 aromatic heterocycles. The van der Waals surface area contributed by atoms with Gasteiger partial charge < -0.3 is 5.43 Å². The van der Waals surface area contributed by atoms with Crippen LogP contribution in [0.25, 0.3) is 0 Å². The van der Waals surface area contributed by atoms with Crippen molar-refractivity contribution >= 4 is 15.8 Å². The highest BCUT2D eigenvalue weighted by atomic mass is 32.2. The average molecular weight is 242 g/mol. The van der Waals surface area contributed by atoms with Crippen LogP contribution >= 0.6 is 0 Å². The van der Waals surface area contributed by atoms with Crippen LogP contribution in [-0.4, -0.2) is 30.0 Å². The van der Waals surface area contributed by atoms with Gasteiger partial charge in [-0.2, -0.15) is 4.31 Å². The van der Waals surface area contributed by atoms with Crippen molar-refractivity contribution in [3.63, 3.8) is 0 Å². The quantitative estimate of drug-likeness (QED) is 0.571. The van der Waals surface area contributed by atoms with Gasteiger partial charge in [0, 0.05) is 6.54 Å². The van der Waals surface area contributed by atoms with Crippen molar-refractivity contribution in [2.45, 2.75) is 13.0 Å². The van der Waals surface area contributed by atoms with Crippen molar-refractivity contribution in [2.24, 2.45) is 5.84 Å². The van der Waals surface area contributed by atoms with Crippen LogP contribution in [0.15, 0.2) is 18.2 Å². The van der Waals surface area contributed by atoms with Crippen LogP contribution in [0.2, 0.25) is 0 Å². The van der Waals surface area contributed by atoms with E-state index in [9.17, 15) is 8.42 Å².